The molecule has 0 bridgehead atoms. The number of carbonyl (C=O) groups is 2. The Morgan fingerprint density at radius 1 is 1.00 bits per heavy atom. The standard InChI is InChI=1S/C22H24F2N2O2/c1-14(2)19(26-20(27)18-16(23)9-6-10-17(18)24)21(28)25-13-22(11-12-22)15-7-4-3-5-8-15/h3-10,14,19H,11-13H2,1-2H3,(H,25,28)(H,26,27). The summed E-state index contributed by atoms with van der Waals surface area (Å²) in [6.45, 7) is 4.00. The summed E-state index contributed by atoms with van der Waals surface area (Å²) in [5, 5.41) is 5.39. The van der Waals surface area contributed by atoms with Crippen LogP contribution < -0.4 is 10.6 Å². The maximum atomic E-state index is 13.9. The lowest BCUT2D eigenvalue weighted by molar-refractivity contribution is -0.124. The number of benzene rings is 2. The van der Waals surface area contributed by atoms with E-state index in [0.29, 0.717) is 6.54 Å². The number of rotatable bonds is 7. The lowest BCUT2D eigenvalue weighted by atomic mass is 9.95. The highest BCUT2D eigenvalue weighted by molar-refractivity contribution is 5.98. The van der Waals surface area contributed by atoms with Crippen molar-refractivity contribution >= 4 is 11.8 Å². The number of hydrogen-bond acceptors (Lipinski definition) is 2. The van der Waals surface area contributed by atoms with Gasteiger partial charge in [-0.05, 0) is 36.5 Å². The van der Waals surface area contributed by atoms with Crippen molar-refractivity contribution < 1.29 is 18.4 Å². The number of hydrogen-bond donors (Lipinski definition) is 2. The number of carbonyl (C=O) groups excluding carboxylic acids is 2. The van der Waals surface area contributed by atoms with Crippen LogP contribution in [0.4, 0.5) is 8.78 Å². The van der Waals surface area contributed by atoms with Gasteiger partial charge in [-0.25, -0.2) is 8.78 Å². The normalized spacial score (nSPS) is 15.8. The zero-order valence-electron chi connectivity index (χ0n) is 16.0. The smallest absolute Gasteiger partial charge is 0.257 e. The van der Waals surface area contributed by atoms with E-state index < -0.39 is 29.1 Å². The summed E-state index contributed by atoms with van der Waals surface area (Å²) in [7, 11) is 0. The van der Waals surface area contributed by atoms with Crippen LogP contribution >= 0.6 is 0 Å². The minimum absolute atomic E-state index is 0.0693. The molecule has 2 N–H and O–H groups in total. The van der Waals surface area contributed by atoms with E-state index in [1.165, 1.54) is 11.6 Å². The van der Waals surface area contributed by atoms with E-state index in [4.69, 9.17) is 0 Å². The fourth-order valence-electron chi connectivity index (χ4n) is 3.34. The molecule has 28 heavy (non-hydrogen) atoms. The van der Waals surface area contributed by atoms with E-state index in [1.807, 2.05) is 30.3 Å². The molecule has 148 valence electrons. The van der Waals surface area contributed by atoms with Crippen LogP contribution in [-0.2, 0) is 10.2 Å². The van der Waals surface area contributed by atoms with Gasteiger partial charge in [-0.3, -0.25) is 9.59 Å². The van der Waals surface area contributed by atoms with Crippen LogP contribution in [0.2, 0.25) is 0 Å². The fourth-order valence-corrected chi connectivity index (χ4v) is 3.34. The fraction of sp³-hybridized carbons (Fsp3) is 0.364. The summed E-state index contributed by atoms with van der Waals surface area (Å²) >= 11 is 0. The lowest BCUT2D eigenvalue weighted by Gasteiger charge is -2.24. The van der Waals surface area contributed by atoms with Crippen molar-refractivity contribution in [1.82, 2.24) is 10.6 Å². The van der Waals surface area contributed by atoms with Crippen molar-refractivity contribution in [2.75, 3.05) is 6.54 Å². The first-order valence-corrected chi connectivity index (χ1v) is 9.42. The molecule has 4 nitrogen and oxygen atoms in total. The number of amides is 2. The largest absolute Gasteiger partial charge is 0.353 e. The second kappa shape index (κ2) is 8.09. The molecular weight excluding hydrogens is 362 g/mol. The molecule has 1 saturated carbocycles. The van der Waals surface area contributed by atoms with Gasteiger partial charge >= 0.3 is 0 Å². The molecular formula is C22H24F2N2O2. The van der Waals surface area contributed by atoms with Crippen LogP contribution in [0.15, 0.2) is 48.5 Å². The van der Waals surface area contributed by atoms with Crippen LogP contribution in [0.3, 0.4) is 0 Å². The van der Waals surface area contributed by atoms with Gasteiger partial charge in [0.1, 0.15) is 23.2 Å². The van der Waals surface area contributed by atoms with E-state index >= 15 is 0 Å². The molecule has 0 aromatic heterocycles. The third-order valence-corrected chi connectivity index (χ3v) is 5.27. The third-order valence-electron chi connectivity index (χ3n) is 5.27. The Hall–Kier alpha value is -2.76. The SMILES string of the molecule is CC(C)C(NC(=O)c1c(F)cccc1F)C(=O)NCC1(c2ccccc2)CC1. The summed E-state index contributed by atoms with van der Waals surface area (Å²) in [5.41, 5.74) is 0.429. The molecule has 0 heterocycles. The van der Waals surface area contributed by atoms with Crippen LogP contribution in [0.1, 0.15) is 42.6 Å². The minimum atomic E-state index is -0.957. The Bertz CT molecular complexity index is 844. The van der Waals surface area contributed by atoms with E-state index in [2.05, 4.69) is 10.6 Å². The molecule has 2 aromatic carbocycles. The number of halogens is 2. The Labute approximate surface area is 163 Å². The summed E-state index contributed by atoms with van der Waals surface area (Å²) in [6.07, 6.45) is 1.97. The quantitative estimate of drug-likeness (QED) is 0.764. The van der Waals surface area contributed by atoms with Gasteiger partial charge in [-0.1, -0.05) is 50.2 Å². The molecule has 0 aliphatic heterocycles. The van der Waals surface area contributed by atoms with Gasteiger partial charge in [0.2, 0.25) is 5.91 Å². The highest BCUT2D eigenvalue weighted by Crippen LogP contribution is 2.47. The predicted molar refractivity (Wildman–Crippen MR) is 103 cm³/mol. The Morgan fingerprint density at radius 2 is 1.61 bits per heavy atom. The van der Waals surface area contributed by atoms with Gasteiger partial charge in [0, 0.05) is 12.0 Å². The second-order valence-corrected chi connectivity index (χ2v) is 7.66. The molecule has 1 aliphatic rings. The average molecular weight is 386 g/mol. The van der Waals surface area contributed by atoms with Crippen LogP contribution in [0, 0.1) is 17.6 Å². The lowest BCUT2D eigenvalue weighted by Crippen LogP contribution is -2.51. The molecule has 3 rings (SSSR count). The minimum Gasteiger partial charge on any atom is -0.353 e. The zero-order valence-corrected chi connectivity index (χ0v) is 16.0. The average Bonchev–Trinajstić information content (AvgIpc) is 3.46. The maximum Gasteiger partial charge on any atom is 0.257 e. The van der Waals surface area contributed by atoms with Gasteiger partial charge in [0.25, 0.3) is 5.91 Å². The van der Waals surface area contributed by atoms with Gasteiger partial charge < -0.3 is 10.6 Å². The summed E-state index contributed by atoms with van der Waals surface area (Å²) in [6, 6.07) is 12.3. The summed E-state index contributed by atoms with van der Waals surface area (Å²) < 4.78 is 27.7. The van der Waals surface area contributed by atoms with E-state index in [-0.39, 0.29) is 17.2 Å². The first kappa shape index (κ1) is 20.0. The predicted octanol–water partition coefficient (Wildman–Crippen LogP) is 3.57. The molecule has 1 atom stereocenters. The highest BCUT2D eigenvalue weighted by atomic mass is 19.1. The van der Waals surface area contributed by atoms with Crippen molar-refractivity contribution in [2.24, 2.45) is 5.92 Å². The van der Waals surface area contributed by atoms with Crippen LogP contribution in [0.5, 0.6) is 0 Å². The van der Waals surface area contributed by atoms with E-state index in [9.17, 15) is 18.4 Å². The second-order valence-electron chi connectivity index (χ2n) is 7.66. The van der Waals surface area contributed by atoms with E-state index in [0.717, 1.165) is 25.0 Å². The van der Waals surface area contributed by atoms with Gasteiger partial charge in [-0.2, -0.15) is 0 Å². The highest BCUT2D eigenvalue weighted by Gasteiger charge is 2.44. The summed E-state index contributed by atoms with van der Waals surface area (Å²) in [4.78, 5) is 25.1. The molecule has 2 amide bonds. The first-order chi connectivity index (χ1) is 13.3. The van der Waals surface area contributed by atoms with Crippen LogP contribution in [-0.4, -0.2) is 24.4 Å². The topological polar surface area (TPSA) is 58.2 Å². The molecule has 2 aromatic rings. The third kappa shape index (κ3) is 4.21. The maximum absolute atomic E-state index is 13.9. The van der Waals surface area contributed by atoms with Crippen molar-refractivity contribution in [1.29, 1.82) is 0 Å². The monoisotopic (exact) mass is 386 g/mol. The van der Waals surface area contributed by atoms with Crippen molar-refractivity contribution in [3.8, 4) is 0 Å². The van der Waals surface area contributed by atoms with Crippen molar-refractivity contribution in [3.63, 3.8) is 0 Å². The van der Waals surface area contributed by atoms with Gasteiger partial charge in [0.15, 0.2) is 0 Å². The molecule has 6 heteroatoms. The van der Waals surface area contributed by atoms with Crippen molar-refractivity contribution in [2.45, 2.75) is 38.1 Å². The Morgan fingerprint density at radius 3 is 2.14 bits per heavy atom. The van der Waals surface area contributed by atoms with Gasteiger partial charge in [-0.15, -0.1) is 0 Å². The zero-order chi connectivity index (χ0) is 20.3. The van der Waals surface area contributed by atoms with Crippen molar-refractivity contribution in [3.05, 3.63) is 71.3 Å². The number of nitrogens with one attached hydrogen (secondary N) is 2. The molecule has 0 radical (unpaired) electrons. The molecule has 1 unspecified atom stereocenters. The van der Waals surface area contributed by atoms with Crippen LogP contribution in [0.25, 0.3) is 0 Å². The Kier molecular flexibility index (Phi) is 5.77. The van der Waals surface area contributed by atoms with E-state index in [1.54, 1.807) is 13.8 Å². The Balaban J connectivity index is 1.67. The molecule has 0 saturated heterocycles. The molecule has 0 spiro atoms. The van der Waals surface area contributed by atoms with Gasteiger partial charge in [0.05, 0.1) is 0 Å². The summed E-state index contributed by atoms with van der Waals surface area (Å²) in [5.74, 6) is -3.45. The first-order valence-electron chi connectivity index (χ1n) is 9.42. The molecule has 1 fully saturated rings. The molecule has 1 aliphatic carbocycles.